The molecule has 0 heterocycles. The fraction of sp³-hybridized carbons (Fsp3) is 0.657. The van der Waals surface area contributed by atoms with Gasteiger partial charge in [0.1, 0.15) is 11.5 Å². The average Bonchev–Trinajstić information content (AvgIpc) is 2.91. The quantitative estimate of drug-likeness (QED) is 0.190. The zero-order valence-electron chi connectivity index (χ0n) is 26.9. The molecule has 0 aliphatic carbocycles. The van der Waals surface area contributed by atoms with Crippen LogP contribution in [-0.4, -0.2) is 61.3 Å². The third-order valence-electron chi connectivity index (χ3n) is 8.41. The van der Waals surface area contributed by atoms with Crippen molar-refractivity contribution in [2.75, 3.05) is 39.3 Å². The van der Waals surface area contributed by atoms with Gasteiger partial charge in [-0.2, -0.15) is 0 Å². The lowest BCUT2D eigenvalue weighted by Crippen LogP contribution is -2.25. The van der Waals surface area contributed by atoms with E-state index in [0.717, 1.165) is 63.6 Å². The molecule has 0 N–H and O–H groups in total. The van der Waals surface area contributed by atoms with Crippen molar-refractivity contribution in [1.29, 1.82) is 0 Å². The average molecular weight is 539 g/mol. The lowest BCUT2D eigenvalue weighted by molar-refractivity contribution is 0.194. The number of hydrogen-bond donors (Lipinski definition) is 0. The van der Waals surface area contributed by atoms with Gasteiger partial charge in [0.15, 0.2) is 0 Å². The van der Waals surface area contributed by atoms with Crippen LogP contribution in [0.1, 0.15) is 103 Å². The summed E-state index contributed by atoms with van der Waals surface area (Å²) in [6.07, 6.45) is 4.92. The number of benzene rings is 2. The summed E-state index contributed by atoms with van der Waals surface area (Å²) in [5.74, 6) is 2.00. The second kappa shape index (κ2) is 16.3. The highest BCUT2D eigenvalue weighted by Crippen LogP contribution is 2.36. The van der Waals surface area contributed by atoms with Gasteiger partial charge in [0.25, 0.3) is 0 Å². The third kappa shape index (κ3) is 10.1. The summed E-state index contributed by atoms with van der Waals surface area (Å²) in [6, 6.07) is 13.4. The van der Waals surface area contributed by atoms with Gasteiger partial charge in [-0.05, 0) is 127 Å². The van der Waals surface area contributed by atoms with E-state index in [1.54, 1.807) is 0 Å². The Labute approximate surface area is 241 Å². The van der Waals surface area contributed by atoms with Gasteiger partial charge in [0, 0.05) is 5.41 Å². The van der Waals surface area contributed by atoms with Crippen LogP contribution in [0.15, 0.2) is 36.4 Å². The van der Waals surface area contributed by atoms with Crippen LogP contribution in [-0.2, 0) is 5.41 Å². The number of nitrogens with zero attached hydrogens (tertiary/aromatic N) is 2. The van der Waals surface area contributed by atoms with Gasteiger partial charge in [-0.1, -0.05) is 65.8 Å². The van der Waals surface area contributed by atoms with Crippen LogP contribution in [0.4, 0.5) is 0 Å². The maximum absolute atomic E-state index is 6.36. The lowest BCUT2D eigenvalue weighted by Gasteiger charge is -2.28. The van der Waals surface area contributed by atoms with Crippen LogP contribution < -0.4 is 9.47 Å². The van der Waals surface area contributed by atoms with Crippen molar-refractivity contribution < 1.29 is 9.47 Å². The van der Waals surface area contributed by atoms with Crippen molar-refractivity contribution in [3.63, 3.8) is 0 Å². The zero-order valence-corrected chi connectivity index (χ0v) is 26.9. The molecule has 4 nitrogen and oxygen atoms in total. The van der Waals surface area contributed by atoms with E-state index < -0.39 is 0 Å². The van der Waals surface area contributed by atoms with Crippen LogP contribution in [0.5, 0.6) is 11.5 Å². The van der Waals surface area contributed by atoms with Crippen molar-refractivity contribution in [2.24, 2.45) is 0 Å². The van der Waals surface area contributed by atoms with Crippen molar-refractivity contribution in [3.05, 3.63) is 58.7 Å². The van der Waals surface area contributed by atoms with Crippen LogP contribution in [0.25, 0.3) is 0 Å². The van der Waals surface area contributed by atoms with Gasteiger partial charge in [-0.25, -0.2) is 0 Å². The van der Waals surface area contributed by atoms with Gasteiger partial charge >= 0.3 is 0 Å². The maximum atomic E-state index is 6.36. The largest absolute Gasteiger partial charge is 0.490 e. The van der Waals surface area contributed by atoms with Crippen molar-refractivity contribution in [2.45, 2.75) is 113 Å². The number of hydrogen-bond acceptors (Lipinski definition) is 4. The summed E-state index contributed by atoms with van der Waals surface area (Å²) < 4.78 is 12.7. The van der Waals surface area contributed by atoms with Crippen molar-refractivity contribution in [3.8, 4) is 11.5 Å². The second-order valence-corrected chi connectivity index (χ2v) is 11.8. The van der Waals surface area contributed by atoms with Crippen molar-refractivity contribution in [1.82, 2.24) is 9.80 Å². The predicted molar refractivity (Wildman–Crippen MR) is 169 cm³/mol. The van der Waals surface area contributed by atoms with Gasteiger partial charge in [0.05, 0.1) is 12.2 Å². The molecule has 0 aliphatic heterocycles. The number of ether oxygens (including phenoxy) is 2. The van der Waals surface area contributed by atoms with Crippen molar-refractivity contribution >= 4 is 0 Å². The molecule has 0 bridgehead atoms. The maximum Gasteiger partial charge on any atom is 0.122 e. The zero-order chi connectivity index (χ0) is 29.0. The molecule has 0 radical (unpaired) electrons. The second-order valence-electron chi connectivity index (χ2n) is 11.8. The Bertz CT molecular complexity index is 901. The fourth-order valence-electron chi connectivity index (χ4n) is 5.34. The first-order valence-electron chi connectivity index (χ1n) is 15.6. The molecule has 2 rings (SSSR count). The van der Waals surface area contributed by atoms with E-state index in [1.807, 2.05) is 0 Å². The number of rotatable bonds is 18. The van der Waals surface area contributed by atoms with Crippen LogP contribution in [0.3, 0.4) is 0 Å². The Morgan fingerprint density at radius 1 is 0.641 bits per heavy atom. The van der Waals surface area contributed by atoms with E-state index in [1.165, 1.54) is 35.1 Å². The van der Waals surface area contributed by atoms with E-state index in [9.17, 15) is 0 Å². The molecular weight excluding hydrogens is 480 g/mol. The minimum absolute atomic E-state index is 0.114. The molecular formula is C35H58N2O2. The van der Waals surface area contributed by atoms with E-state index in [0.29, 0.717) is 0 Å². The standard InChI is InChI=1S/C35H58N2O2/c1-11-36(12-2)23-15-17-29(7)38-33-21-19-31(25-27(33)5)35(9,10)32-20-22-34(28(6)26-32)39-30(8)18-16-24-37(13-3)14-4/h19-22,25-26,29-30H,11-18,23-24H2,1-10H3. The SMILES string of the molecule is CCN(CC)CCCC(C)Oc1ccc(C(C)(C)c2ccc(OC(C)CCCN(CC)CC)c(C)c2)cc1C. The molecule has 2 aromatic carbocycles. The first kappa shape index (κ1) is 33.2. The summed E-state index contributed by atoms with van der Waals surface area (Å²) in [6.45, 7) is 29.0. The molecule has 220 valence electrons. The summed E-state index contributed by atoms with van der Waals surface area (Å²) in [4.78, 5) is 4.95. The van der Waals surface area contributed by atoms with Crippen LogP contribution in [0.2, 0.25) is 0 Å². The lowest BCUT2D eigenvalue weighted by atomic mass is 9.77. The highest BCUT2D eigenvalue weighted by molar-refractivity contribution is 5.47. The Morgan fingerprint density at radius 2 is 1.00 bits per heavy atom. The highest BCUT2D eigenvalue weighted by atomic mass is 16.5. The van der Waals surface area contributed by atoms with Gasteiger partial charge in [0.2, 0.25) is 0 Å². The van der Waals surface area contributed by atoms with E-state index >= 15 is 0 Å². The first-order valence-corrected chi connectivity index (χ1v) is 15.6. The molecule has 0 saturated carbocycles. The Kier molecular flexibility index (Phi) is 13.8. The molecule has 39 heavy (non-hydrogen) atoms. The molecule has 0 saturated heterocycles. The fourth-order valence-corrected chi connectivity index (χ4v) is 5.34. The molecule has 2 aromatic rings. The van der Waals surface area contributed by atoms with Crippen LogP contribution in [0, 0.1) is 13.8 Å². The first-order chi connectivity index (χ1) is 18.5. The Morgan fingerprint density at radius 3 is 1.31 bits per heavy atom. The monoisotopic (exact) mass is 538 g/mol. The molecule has 0 amide bonds. The molecule has 4 heteroatoms. The summed E-state index contributed by atoms with van der Waals surface area (Å²) in [7, 11) is 0. The summed E-state index contributed by atoms with van der Waals surface area (Å²) >= 11 is 0. The molecule has 2 atom stereocenters. The topological polar surface area (TPSA) is 24.9 Å². The minimum atomic E-state index is -0.114. The molecule has 0 aliphatic rings. The van der Waals surface area contributed by atoms with E-state index in [2.05, 4.69) is 115 Å². The third-order valence-corrected chi connectivity index (χ3v) is 8.41. The smallest absolute Gasteiger partial charge is 0.122 e. The highest BCUT2D eigenvalue weighted by Gasteiger charge is 2.25. The molecule has 0 spiro atoms. The molecule has 2 unspecified atom stereocenters. The number of aryl methyl sites for hydroxylation is 2. The minimum Gasteiger partial charge on any atom is -0.490 e. The van der Waals surface area contributed by atoms with E-state index in [-0.39, 0.29) is 17.6 Å². The predicted octanol–water partition coefficient (Wildman–Crippen LogP) is 8.41. The summed E-state index contributed by atoms with van der Waals surface area (Å²) in [5, 5.41) is 0. The van der Waals surface area contributed by atoms with Crippen LogP contribution >= 0.6 is 0 Å². The summed E-state index contributed by atoms with van der Waals surface area (Å²) in [5.41, 5.74) is 4.90. The van der Waals surface area contributed by atoms with Gasteiger partial charge < -0.3 is 19.3 Å². The van der Waals surface area contributed by atoms with Gasteiger partial charge in [-0.3, -0.25) is 0 Å². The molecule has 0 fully saturated rings. The molecule has 0 aromatic heterocycles. The van der Waals surface area contributed by atoms with E-state index in [4.69, 9.17) is 9.47 Å². The van der Waals surface area contributed by atoms with Gasteiger partial charge in [-0.15, -0.1) is 0 Å². The Hall–Kier alpha value is -2.04. The Balaban J connectivity index is 2.01. The normalized spacial score (nSPS) is 13.6.